The van der Waals surface area contributed by atoms with Crippen molar-refractivity contribution in [1.82, 2.24) is 24.5 Å². The summed E-state index contributed by atoms with van der Waals surface area (Å²) in [5.41, 5.74) is 0.920. The van der Waals surface area contributed by atoms with Gasteiger partial charge in [0.25, 0.3) is 0 Å². The number of rotatable bonds is 7. The van der Waals surface area contributed by atoms with E-state index in [1.54, 1.807) is 24.3 Å². The number of nitrogens with zero attached hydrogens (tertiary/aromatic N) is 4. The zero-order valence-electron chi connectivity index (χ0n) is 15.7. The molecule has 0 unspecified atom stereocenters. The summed E-state index contributed by atoms with van der Waals surface area (Å²) in [7, 11) is -3.89. The number of hydrogen-bond donors (Lipinski definition) is 1. The Bertz CT molecular complexity index is 1360. The molecule has 0 amide bonds. The molecule has 2 heterocycles. The third-order valence-corrected chi connectivity index (χ3v) is 5.91. The van der Waals surface area contributed by atoms with Gasteiger partial charge in [-0.25, -0.2) is 21.9 Å². The second-order valence-corrected chi connectivity index (χ2v) is 8.47. The summed E-state index contributed by atoms with van der Waals surface area (Å²) in [6.07, 6.45) is 0. The highest BCUT2D eigenvalue weighted by atomic mass is 35.5. The predicted molar refractivity (Wildman–Crippen MR) is 108 cm³/mol. The van der Waals surface area contributed by atoms with Gasteiger partial charge < -0.3 is 4.74 Å². The first-order chi connectivity index (χ1) is 14.8. The molecule has 2 aromatic carbocycles. The first kappa shape index (κ1) is 21.1. The highest BCUT2D eigenvalue weighted by Gasteiger charge is 2.16. The number of nitrogens with one attached hydrogen (secondary N) is 1. The summed E-state index contributed by atoms with van der Waals surface area (Å²) in [6.45, 7) is -0.111. The molecule has 2 aromatic heterocycles. The van der Waals surface area contributed by atoms with Crippen LogP contribution in [-0.4, -0.2) is 41.4 Å². The average Bonchev–Trinajstić information content (AvgIpc) is 3.16. The van der Waals surface area contributed by atoms with Gasteiger partial charge in [0.2, 0.25) is 15.9 Å². The standard InChI is InChI=1S/C19H14ClF2N5O3S/c20-15-11-14(4-5-16(15)22)31(28,29)23-8-9-30-18-7-6-17-24-25-19(27(17)26-18)12-2-1-3-13(21)10-12/h1-7,10-11,23H,8-9H2. The molecule has 4 rings (SSSR count). The van der Waals surface area contributed by atoms with E-state index in [0.717, 1.165) is 18.2 Å². The molecule has 0 atom stereocenters. The molecular formula is C19H14ClF2N5O3S. The van der Waals surface area contributed by atoms with Crippen LogP contribution in [0.15, 0.2) is 59.5 Å². The van der Waals surface area contributed by atoms with Crippen LogP contribution < -0.4 is 9.46 Å². The predicted octanol–water partition coefficient (Wildman–Crippen LogP) is 3.08. The van der Waals surface area contributed by atoms with Gasteiger partial charge in [-0.15, -0.1) is 15.3 Å². The fourth-order valence-corrected chi connectivity index (χ4v) is 4.00. The lowest BCUT2D eigenvalue weighted by atomic mass is 10.2. The Morgan fingerprint density at radius 3 is 2.68 bits per heavy atom. The number of aromatic nitrogens is 4. The summed E-state index contributed by atoms with van der Waals surface area (Å²) in [6, 6.07) is 12.1. The monoisotopic (exact) mass is 465 g/mol. The second kappa shape index (κ2) is 8.53. The molecular weight excluding hydrogens is 452 g/mol. The van der Waals surface area contributed by atoms with E-state index in [2.05, 4.69) is 20.0 Å². The van der Waals surface area contributed by atoms with E-state index >= 15 is 0 Å². The Morgan fingerprint density at radius 2 is 1.90 bits per heavy atom. The second-order valence-electron chi connectivity index (χ2n) is 6.30. The molecule has 0 saturated heterocycles. The molecule has 0 fully saturated rings. The topological polar surface area (TPSA) is 98.5 Å². The number of fused-ring (bicyclic) bond motifs is 1. The molecule has 160 valence electrons. The zero-order valence-corrected chi connectivity index (χ0v) is 17.2. The van der Waals surface area contributed by atoms with Crippen molar-refractivity contribution in [2.45, 2.75) is 4.90 Å². The van der Waals surface area contributed by atoms with Gasteiger partial charge in [-0.2, -0.15) is 4.52 Å². The first-order valence-corrected chi connectivity index (χ1v) is 10.8. The van der Waals surface area contributed by atoms with Gasteiger partial charge in [0.05, 0.1) is 9.92 Å². The third-order valence-electron chi connectivity index (χ3n) is 4.17. The van der Waals surface area contributed by atoms with Crippen molar-refractivity contribution in [1.29, 1.82) is 0 Å². The summed E-state index contributed by atoms with van der Waals surface area (Å²) < 4.78 is 60.5. The van der Waals surface area contributed by atoms with E-state index in [-0.39, 0.29) is 28.9 Å². The van der Waals surface area contributed by atoms with Crippen LogP contribution in [0.2, 0.25) is 5.02 Å². The summed E-state index contributed by atoms with van der Waals surface area (Å²) >= 11 is 5.63. The normalized spacial score (nSPS) is 11.7. The summed E-state index contributed by atoms with van der Waals surface area (Å²) in [4.78, 5) is -0.164. The van der Waals surface area contributed by atoms with Gasteiger partial charge in [0.15, 0.2) is 11.5 Å². The maximum atomic E-state index is 13.5. The third kappa shape index (κ3) is 4.63. The van der Waals surface area contributed by atoms with E-state index in [9.17, 15) is 17.2 Å². The highest BCUT2D eigenvalue weighted by molar-refractivity contribution is 7.89. The Kier molecular flexibility index (Phi) is 5.81. The zero-order chi connectivity index (χ0) is 22.0. The molecule has 0 aliphatic rings. The molecule has 0 aliphatic heterocycles. The fraction of sp³-hybridized carbons (Fsp3) is 0.105. The van der Waals surface area contributed by atoms with E-state index < -0.39 is 21.7 Å². The van der Waals surface area contributed by atoms with Crippen molar-refractivity contribution in [2.24, 2.45) is 0 Å². The maximum Gasteiger partial charge on any atom is 0.240 e. The molecule has 0 radical (unpaired) electrons. The van der Waals surface area contributed by atoms with Crippen molar-refractivity contribution < 1.29 is 21.9 Å². The molecule has 0 bridgehead atoms. The largest absolute Gasteiger partial charge is 0.475 e. The number of sulfonamides is 1. The van der Waals surface area contributed by atoms with Gasteiger partial charge in [0, 0.05) is 18.2 Å². The first-order valence-electron chi connectivity index (χ1n) is 8.89. The molecule has 0 aliphatic carbocycles. The Balaban J connectivity index is 1.43. The van der Waals surface area contributed by atoms with Gasteiger partial charge in [-0.05, 0) is 36.4 Å². The van der Waals surface area contributed by atoms with Crippen molar-refractivity contribution in [3.63, 3.8) is 0 Å². The lowest BCUT2D eigenvalue weighted by molar-refractivity contribution is 0.306. The molecule has 31 heavy (non-hydrogen) atoms. The Labute approximate surface area is 180 Å². The van der Waals surface area contributed by atoms with Crippen LogP contribution in [-0.2, 0) is 10.0 Å². The lowest BCUT2D eigenvalue weighted by Gasteiger charge is -2.09. The minimum Gasteiger partial charge on any atom is -0.475 e. The molecule has 1 N–H and O–H groups in total. The van der Waals surface area contributed by atoms with Crippen LogP contribution in [0, 0.1) is 11.6 Å². The number of halogens is 3. The highest BCUT2D eigenvalue weighted by Crippen LogP contribution is 2.20. The average molecular weight is 466 g/mol. The maximum absolute atomic E-state index is 13.5. The Hall–Kier alpha value is -3.15. The van der Waals surface area contributed by atoms with Crippen LogP contribution in [0.4, 0.5) is 8.78 Å². The minimum absolute atomic E-state index is 0.0376. The van der Waals surface area contributed by atoms with Gasteiger partial charge in [-0.3, -0.25) is 0 Å². The Morgan fingerprint density at radius 1 is 1.06 bits per heavy atom. The molecule has 8 nitrogen and oxygen atoms in total. The summed E-state index contributed by atoms with van der Waals surface area (Å²) in [5, 5.41) is 12.0. The van der Waals surface area contributed by atoms with E-state index in [1.165, 1.54) is 16.6 Å². The van der Waals surface area contributed by atoms with Crippen LogP contribution in [0.3, 0.4) is 0 Å². The molecule has 0 spiro atoms. The van der Waals surface area contributed by atoms with Crippen LogP contribution in [0.5, 0.6) is 5.88 Å². The van der Waals surface area contributed by atoms with E-state index in [1.807, 2.05) is 0 Å². The van der Waals surface area contributed by atoms with Crippen molar-refractivity contribution in [2.75, 3.05) is 13.2 Å². The molecule has 12 heteroatoms. The van der Waals surface area contributed by atoms with Crippen molar-refractivity contribution in [3.8, 4) is 17.3 Å². The summed E-state index contributed by atoms with van der Waals surface area (Å²) in [5.74, 6) is -0.615. The van der Waals surface area contributed by atoms with E-state index in [4.69, 9.17) is 16.3 Å². The number of ether oxygens (including phenoxy) is 1. The van der Waals surface area contributed by atoms with Gasteiger partial charge in [0.1, 0.15) is 18.2 Å². The van der Waals surface area contributed by atoms with Gasteiger partial charge in [-0.1, -0.05) is 23.7 Å². The number of benzene rings is 2. The fourth-order valence-electron chi connectivity index (χ4n) is 2.72. The van der Waals surface area contributed by atoms with Crippen molar-refractivity contribution >= 4 is 27.3 Å². The SMILES string of the molecule is O=S(=O)(NCCOc1ccc2nnc(-c3cccc(F)c3)n2n1)c1ccc(F)c(Cl)c1. The number of hydrogen-bond acceptors (Lipinski definition) is 6. The quantitative estimate of drug-likeness (QED) is 0.421. The molecule has 4 aromatic rings. The molecule has 0 saturated carbocycles. The van der Waals surface area contributed by atoms with Crippen LogP contribution >= 0.6 is 11.6 Å². The lowest BCUT2D eigenvalue weighted by Crippen LogP contribution is -2.28. The van der Waals surface area contributed by atoms with Crippen LogP contribution in [0.1, 0.15) is 0 Å². The van der Waals surface area contributed by atoms with Gasteiger partial charge >= 0.3 is 0 Å². The smallest absolute Gasteiger partial charge is 0.240 e. The minimum atomic E-state index is -3.89. The van der Waals surface area contributed by atoms with Crippen molar-refractivity contribution in [3.05, 3.63) is 71.3 Å². The van der Waals surface area contributed by atoms with E-state index in [0.29, 0.717) is 17.0 Å². The van der Waals surface area contributed by atoms with Crippen LogP contribution in [0.25, 0.3) is 17.0 Å².